The molecule has 0 spiro atoms. The maximum Gasteiger partial charge on any atom is 0.336 e. The Hall–Kier alpha value is -1.68. The maximum absolute atomic E-state index is 11.5. The van der Waals surface area contributed by atoms with Crippen molar-refractivity contribution in [1.29, 1.82) is 0 Å². The van der Waals surface area contributed by atoms with E-state index in [0.717, 1.165) is 22.1 Å². The van der Waals surface area contributed by atoms with Crippen LogP contribution in [0.1, 0.15) is 0 Å². The third-order valence-corrected chi connectivity index (χ3v) is 2.94. The second-order valence-corrected chi connectivity index (χ2v) is 3.82. The van der Waals surface area contributed by atoms with Gasteiger partial charge in [0.25, 0.3) is 0 Å². The minimum Gasteiger partial charge on any atom is -0.306 e. The zero-order valence-corrected chi connectivity index (χ0v) is 8.66. The second kappa shape index (κ2) is 2.90. The van der Waals surface area contributed by atoms with Crippen molar-refractivity contribution in [3.8, 4) is 0 Å². The van der Waals surface area contributed by atoms with Crippen LogP contribution in [0.4, 0.5) is 16.2 Å². The van der Waals surface area contributed by atoms with Crippen molar-refractivity contribution < 1.29 is 4.79 Å². The van der Waals surface area contributed by atoms with Crippen LogP contribution in [-0.4, -0.2) is 6.03 Å². The molecule has 1 aliphatic rings. The zero-order valence-electron chi connectivity index (χ0n) is 7.77. The first-order chi connectivity index (χ1) is 7.27. The Morgan fingerprint density at radius 2 is 1.87 bits per heavy atom. The SMILES string of the molecule is O=C1Nc2cccc3cccc(c23)N1S. The highest BCUT2D eigenvalue weighted by molar-refractivity contribution is 7.82. The summed E-state index contributed by atoms with van der Waals surface area (Å²) in [7, 11) is 0. The Balaban J connectivity index is 2.46. The molecule has 3 rings (SSSR count). The van der Waals surface area contributed by atoms with Gasteiger partial charge in [-0.1, -0.05) is 37.1 Å². The van der Waals surface area contributed by atoms with E-state index in [1.54, 1.807) is 0 Å². The number of thiol groups is 1. The maximum atomic E-state index is 11.5. The molecular weight excluding hydrogens is 208 g/mol. The Labute approximate surface area is 92.2 Å². The van der Waals surface area contributed by atoms with Crippen molar-refractivity contribution in [2.24, 2.45) is 0 Å². The number of nitrogens with zero attached hydrogens (tertiary/aromatic N) is 1. The van der Waals surface area contributed by atoms with Gasteiger partial charge in [-0.25, -0.2) is 9.10 Å². The molecular formula is C11H8N2OS. The molecule has 74 valence electrons. The fourth-order valence-corrected chi connectivity index (χ4v) is 2.10. The summed E-state index contributed by atoms with van der Waals surface area (Å²) in [5.41, 5.74) is 1.67. The predicted molar refractivity (Wildman–Crippen MR) is 64.4 cm³/mol. The summed E-state index contributed by atoms with van der Waals surface area (Å²) >= 11 is 4.16. The lowest BCUT2D eigenvalue weighted by atomic mass is 10.1. The number of hydrogen-bond donors (Lipinski definition) is 2. The molecule has 0 atom stereocenters. The van der Waals surface area contributed by atoms with Gasteiger partial charge < -0.3 is 5.32 Å². The molecule has 15 heavy (non-hydrogen) atoms. The highest BCUT2D eigenvalue weighted by Crippen LogP contribution is 2.37. The van der Waals surface area contributed by atoms with Gasteiger partial charge in [-0.05, 0) is 17.5 Å². The van der Waals surface area contributed by atoms with Crippen LogP contribution in [-0.2, 0) is 0 Å². The Bertz CT molecular complexity index is 562. The number of anilines is 2. The summed E-state index contributed by atoms with van der Waals surface area (Å²) in [5.74, 6) is 0. The lowest BCUT2D eigenvalue weighted by Crippen LogP contribution is -2.30. The number of urea groups is 1. The van der Waals surface area contributed by atoms with E-state index in [1.807, 2.05) is 36.4 Å². The van der Waals surface area contributed by atoms with Crippen LogP contribution in [0, 0.1) is 0 Å². The van der Waals surface area contributed by atoms with E-state index in [2.05, 4.69) is 18.1 Å². The molecule has 3 nitrogen and oxygen atoms in total. The van der Waals surface area contributed by atoms with Crippen molar-refractivity contribution in [3.63, 3.8) is 0 Å². The minimum atomic E-state index is -0.218. The molecule has 0 aliphatic carbocycles. The molecule has 2 aromatic rings. The van der Waals surface area contributed by atoms with Crippen molar-refractivity contribution in [1.82, 2.24) is 0 Å². The van der Waals surface area contributed by atoms with Crippen LogP contribution in [0.5, 0.6) is 0 Å². The highest BCUT2D eigenvalue weighted by Gasteiger charge is 2.22. The third-order valence-electron chi connectivity index (χ3n) is 2.54. The van der Waals surface area contributed by atoms with Gasteiger partial charge in [0.15, 0.2) is 0 Å². The van der Waals surface area contributed by atoms with Crippen molar-refractivity contribution in [3.05, 3.63) is 36.4 Å². The van der Waals surface area contributed by atoms with E-state index in [1.165, 1.54) is 4.31 Å². The Kier molecular flexibility index (Phi) is 1.67. The predicted octanol–water partition coefficient (Wildman–Crippen LogP) is 3.04. The first-order valence-corrected chi connectivity index (χ1v) is 4.99. The molecule has 4 heteroatoms. The first kappa shape index (κ1) is 8.61. The third kappa shape index (κ3) is 1.11. The lowest BCUT2D eigenvalue weighted by Gasteiger charge is -2.25. The molecule has 1 N–H and O–H groups in total. The van der Waals surface area contributed by atoms with E-state index >= 15 is 0 Å². The van der Waals surface area contributed by atoms with Gasteiger partial charge in [-0.15, -0.1) is 0 Å². The Morgan fingerprint density at radius 3 is 2.67 bits per heavy atom. The van der Waals surface area contributed by atoms with Gasteiger partial charge in [-0.3, -0.25) is 0 Å². The summed E-state index contributed by atoms with van der Waals surface area (Å²) in [4.78, 5) is 11.5. The fraction of sp³-hybridized carbons (Fsp3) is 0. The second-order valence-electron chi connectivity index (χ2n) is 3.42. The molecule has 1 heterocycles. The van der Waals surface area contributed by atoms with Crippen molar-refractivity contribution in [2.45, 2.75) is 0 Å². The normalized spacial score (nSPS) is 14.2. The van der Waals surface area contributed by atoms with Crippen LogP contribution in [0.25, 0.3) is 10.8 Å². The summed E-state index contributed by atoms with van der Waals surface area (Å²) in [6, 6.07) is 11.4. The van der Waals surface area contributed by atoms with Crippen LogP contribution in [0.15, 0.2) is 36.4 Å². The molecule has 0 fully saturated rings. The monoisotopic (exact) mass is 216 g/mol. The molecule has 0 unspecified atom stereocenters. The number of hydrogen-bond acceptors (Lipinski definition) is 2. The highest BCUT2D eigenvalue weighted by atomic mass is 32.1. The summed E-state index contributed by atoms with van der Waals surface area (Å²) in [5, 5.41) is 4.92. The number of nitrogens with one attached hydrogen (secondary N) is 1. The van der Waals surface area contributed by atoms with E-state index in [9.17, 15) is 4.79 Å². The molecule has 0 radical (unpaired) electrons. The van der Waals surface area contributed by atoms with Crippen LogP contribution in [0.3, 0.4) is 0 Å². The van der Waals surface area contributed by atoms with Crippen molar-refractivity contribution >= 4 is 41.0 Å². The largest absolute Gasteiger partial charge is 0.336 e. The van der Waals surface area contributed by atoms with E-state index in [0.29, 0.717) is 0 Å². The molecule has 0 bridgehead atoms. The average Bonchev–Trinajstić information content (AvgIpc) is 2.26. The van der Waals surface area contributed by atoms with Gasteiger partial charge in [0, 0.05) is 5.39 Å². The molecule has 0 saturated heterocycles. The summed E-state index contributed by atoms with van der Waals surface area (Å²) in [6.07, 6.45) is 0. The van der Waals surface area contributed by atoms with Gasteiger partial charge >= 0.3 is 6.03 Å². The quantitative estimate of drug-likeness (QED) is 0.652. The average molecular weight is 216 g/mol. The number of benzene rings is 2. The zero-order chi connectivity index (χ0) is 10.4. The van der Waals surface area contributed by atoms with Crippen molar-refractivity contribution in [2.75, 3.05) is 9.62 Å². The van der Waals surface area contributed by atoms with Crippen LogP contribution >= 0.6 is 12.8 Å². The smallest absolute Gasteiger partial charge is 0.306 e. The van der Waals surface area contributed by atoms with Gasteiger partial charge in [-0.2, -0.15) is 0 Å². The molecule has 0 saturated carbocycles. The van der Waals surface area contributed by atoms with Gasteiger partial charge in [0.05, 0.1) is 11.4 Å². The van der Waals surface area contributed by atoms with Crippen LogP contribution in [0.2, 0.25) is 0 Å². The molecule has 0 aromatic heterocycles. The number of amides is 2. The molecule has 2 amide bonds. The van der Waals surface area contributed by atoms with Crippen LogP contribution < -0.4 is 9.62 Å². The fourth-order valence-electron chi connectivity index (χ4n) is 1.88. The standard InChI is InChI=1S/C11H8N2OS/c14-11-12-8-5-1-3-7-4-2-6-9(10(7)8)13(11)15/h1-6,15H,(H,12,14). The van der Waals surface area contributed by atoms with E-state index in [4.69, 9.17) is 0 Å². The topological polar surface area (TPSA) is 32.3 Å². The number of rotatable bonds is 0. The lowest BCUT2D eigenvalue weighted by molar-refractivity contribution is 0.260. The van der Waals surface area contributed by atoms with Gasteiger partial charge in [0.1, 0.15) is 0 Å². The Morgan fingerprint density at radius 1 is 1.13 bits per heavy atom. The first-order valence-electron chi connectivity index (χ1n) is 4.59. The summed E-state index contributed by atoms with van der Waals surface area (Å²) < 4.78 is 1.33. The molecule has 2 aromatic carbocycles. The van der Waals surface area contributed by atoms with Gasteiger partial charge in [0.2, 0.25) is 0 Å². The van der Waals surface area contributed by atoms with E-state index < -0.39 is 0 Å². The van der Waals surface area contributed by atoms with E-state index in [-0.39, 0.29) is 6.03 Å². The minimum absolute atomic E-state index is 0.218. The number of carbonyl (C=O) groups is 1. The number of carbonyl (C=O) groups excluding carboxylic acids is 1. The molecule has 1 aliphatic heterocycles. The summed E-state index contributed by atoms with van der Waals surface area (Å²) in [6.45, 7) is 0.